The maximum absolute atomic E-state index is 13.1. The van der Waals surface area contributed by atoms with Crippen LogP contribution in [0.3, 0.4) is 0 Å². The summed E-state index contributed by atoms with van der Waals surface area (Å²) in [5, 5.41) is 18.3. The maximum Gasteiger partial charge on any atom is 0.252 e. The van der Waals surface area contributed by atoms with Crippen LogP contribution in [-0.2, 0) is 0 Å². The van der Waals surface area contributed by atoms with Gasteiger partial charge in [-0.1, -0.05) is 72.6 Å². The maximum atomic E-state index is 13.1. The second-order valence-corrected chi connectivity index (χ2v) is 8.38. The third-order valence-electron chi connectivity index (χ3n) is 5.55. The Morgan fingerprint density at radius 3 is 2.19 bits per heavy atom. The van der Waals surface area contributed by atoms with Crippen molar-refractivity contribution in [2.24, 2.45) is 0 Å². The summed E-state index contributed by atoms with van der Waals surface area (Å²) >= 11 is 12.2. The van der Waals surface area contributed by atoms with E-state index in [1.54, 1.807) is 6.07 Å². The quantitative estimate of drug-likeness (QED) is 0.377. The normalized spacial score (nSPS) is 12.8. The number of aromatic amines is 1. The van der Waals surface area contributed by atoms with Crippen LogP contribution in [-0.4, -0.2) is 33.1 Å². The van der Waals surface area contributed by atoms with Crippen molar-refractivity contribution >= 4 is 29.1 Å². The second-order valence-electron chi connectivity index (χ2n) is 7.50. The first-order valence-corrected chi connectivity index (χ1v) is 10.9. The number of carbonyl (C=O) groups is 1. The predicted molar refractivity (Wildman–Crippen MR) is 126 cm³/mol. The number of nitrogens with zero attached hydrogens (tertiary/aromatic N) is 3. The summed E-state index contributed by atoms with van der Waals surface area (Å²) < 4.78 is 0. The van der Waals surface area contributed by atoms with E-state index in [0.717, 1.165) is 11.1 Å². The van der Waals surface area contributed by atoms with Gasteiger partial charge in [0.05, 0.1) is 5.56 Å². The topological polar surface area (TPSA) is 83.6 Å². The molecule has 2 N–H and O–H groups in total. The molecule has 0 radical (unpaired) electrons. The van der Waals surface area contributed by atoms with Crippen molar-refractivity contribution < 1.29 is 4.79 Å². The fourth-order valence-electron chi connectivity index (χ4n) is 3.75. The molecule has 0 fully saturated rings. The molecule has 2 atom stereocenters. The van der Waals surface area contributed by atoms with Crippen LogP contribution < -0.4 is 5.32 Å². The van der Waals surface area contributed by atoms with Crippen molar-refractivity contribution in [1.29, 1.82) is 0 Å². The standard InChI is InChI=1S/C24H21Cl2N5O/c1-15(16-6-10-18(25)11-7-16)22(17-8-12-19(26)13-9-17)14-27-24(32)21-5-3-2-4-20(21)23-28-30-31-29-23/h2-13,15,22H,14H2,1H3,(H,27,32)(H,28,29,30,31). The van der Waals surface area contributed by atoms with Crippen molar-refractivity contribution in [3.05, 3.63) is 99.5 Å². The molecule has 1 aromatic heterocycles. The van der Waals surface area contributed by atoms with Gasteiger partial charge >= 0.3 is 0 Å². The fraction of sp³-hybridized carbons (Fsp3) is 0.167. The Morgan fingerprint density at radius 1 is 0.938 bits per heavy atom. The number of hydrogen-bond acceptors (Lipinski definition) is 4. The van der Waals surface area contributed by atoms with Gasteiger partial charge in [0.25, 0.3) is 5.91 Å². The minimum atomic E-state index is -0.195. The highest BCUT2D eigenvalue weighted by Gasteiger charge is 2.23. The molecule has 4 aromatic rings. The summed E-state index contributed by atoms with van der Waals surface area (Å²) in [7, 11) is 0. The van der Waals surface area contributed by atoms with Gasteiger partial charge < -0.3 is 5.32 Å². The summed E-state index contributed by atoms with van der Waals surface area (Å²) in [6.45, 7) is 2.58. The Hall–Kier alpha value is -3.22. The third kappa shape index (κ3) is 4.98. The molecule has 2 unspecified atom stereocenters. The molecule has 3 aromatic carbocycles. The first-order chi connectivity index (χ1) is 15.5. The van der Waals surface area contributed by atoms with Gasteiger partial charge in [0.1, 0.15) is 0 Å². The van der Waals surface area contributed by atoms with E-state index in [1.165, 1.54) is 0 Å². The van der Waals surface area contributed by atoms with Crippen LogP contribution in [0.15, 0.2) is 72.8 Å². The van der Waals surface area contributed by atoms with Gasteiger partial charge in [0.15, 0.2) is 5.82 Å². The van der Waals surface area contributed by atoms with Crippen molar-refractivity contribution in [3.63, 3.8) is 0 Å². The molecule has 162 valence electrons. The lowest BCUT2D eigenvalue weighted by Crippen LogP contribution is -2.30. The van der Waals surface area contributed by atoms with Gasteiger partial charge in [0.2, 0.25) is 0 Å². The highest BCUT2D eigenvalue weighted by molar-refractivity contribution is 6.30. The van der Waals surface area contributed by atoms with Gasteiger partial charge in [-0.2, -0.15) is 0 Å². The van der Waals surface area contributed by atoms with Crippen molar-refractivity contribution in [2.75, 3.05) is 6.54 Å². The van der Waals surface area contributed by atoms with E-state index in [1.807, 2.05) is 66.7 Å². The van der Waals surface area contributed by atoms with E-state index >= 15 is 0 Å². The van der Waals surface area contributed by atoms with Crippen molar-refractivity contribution in [2.45, 2.75) is 18.8 Å². The van der Waals surface area contributed by atoms with Crippen LogP contribution in [0.4, 0.5) is 0 Å². The summed E-state index contributed by atoms with van der Waals surface area (Å²) in [6.07, 6.45) is 0. The van der Waals surface area contributed by atoms with Crippen LogP contribution in [0.25, 0.3) is 11.4 Å². The molecule has 4 rings (SSSR count). The van der Waals surface area contributed by atoms with Gasteiger partial charge in [-0.15, -0.1) is 5.10 Å². The average Bonchev–Trinajstić information content (AvgIpc) is 3.35. The van der Waals surface area contributed by atoms with Crippen LogP contribution in [0.2, 0.25) is 10.0 Å². The molecular weight excluding hydrogens is 445 g/mol. The zero-order valence-corrected chi connectivity index (χ0v) is 18.8. The Bertz CT molecular complexity index is 1180. The highest BCUT2D eigenvalue weighted by Crippen LogP contribution is 2.33. The first kappa shape index (κ1) is 22.0. The molecule has 8 heteroatoms. The molecule has 6 nitrogen and oxygen atoms in total. The Labute approximate surface area is 196 Å². The lowest BCUT2D eigenvalue weighted by molar-refractivity contribution is 0.0950. The smallest absolute Gasteiger partial charge is 0.252 e. The van der Waals surface area contributed by atoms with Gasteiger partial charge in [-0.05, 0) is 57.8 Å². The van der Waals surface area contributed by atoms with Crippen molar-refractivity contribution in [3.8, 4) is 11.4 Å². The minimum Gasteiger partial charge on any atom is -0.351 e. The second kappa shape index (κ2) is 9.94. The molecule has 1 amide bonds. The number of tetrazole rings is 1. The van der Waals surface area contributed by atoms with Gasteiger partial charge in [-0.25, -0.2) is 5.10 Å². The van der Waals surface area contributed by atoms with E-state index in [9.17, 15) is 4.79 Å². The van der Waals surface area contributed by atoms with E-state index in [2.05, 4.69) is 32.9 Å². The molecule has 0 bridgehead atoms. The van der Waals surface area contributed by atoms with E-state index in [4.69, 9.17) is 23.2 Å². The minimum absolute atomic E-state index is 0.0245. The molecule has 0 aliphatic rings. The van der Waals surface area contributed by atoms with Gasteiger partial charge in [0, 0.05) is 28.1 Å². The summed E-state index contributed by atoms with van der Waals surface area (Å²) in [5.74, 6) is 0.401. The molecule has 0 spiro atoms. The average molecular weight is 466 g/mol. The molecule has 0 saturated heterocycles. The Morgan fingerprint density at radius 2 is 1.56 bits per heavy atom. The van der Waals surface area contributed by atoms with E-state index in [-0.39, 0.29) is 17.7 Å². The Balaban J connectivity index is 1.59. The monoisotopic (exact) mass is 465 g/mol. The number of benzene rings is 3. The summed E-state index contributed by atoms with van der Waals surface area (Å²) in [4.78, 5) is 13.1. The molecule has 0 aliphatic carbocycles. The highest BCUT2D eigenvalue weighted by atomic mass is 35.5. The zero-order chi connectivity index (χ0) is 22.5. The van der Waals surface area contributed by atoms with Crippen LogP contribution in [0.5, 0.6) is 0 Å². The Kier molecular flexibility index (Phi) is 6.83. The SMILES string of the molecule is CC(c1ccc(Cl)cc1)C(CNC(=O)c1ccccc1-c1nnn[nH]1)c1ccc(Cl)cc1. The number of nitrogens with one attached hydrogen (secondary N) is 2. The lowest BCUT2D eigenvalue weighted by Gasteiger charge is -2.26. The van der Waals surface area contributed by atoms with Crippen molar-refractivity contribution in [1.82, 2.24) is 25.9 Å². The number of carbonyl (C=O) groups excluding carboxylic acids is 1. The third-order valence-corrected chi connectivity index (χ3v) is 6.06. The van der Waals surface area contributed by atoms with Crippen LogP contribution in [0.1, 0.15) is 40.2 Å². The fourth-order valence-corrected chi connectivity index (χ4v) is 4.00. The number of aromatic nitrogens is 4. The number of rotatable bonds is 7. The number of H-pyrrole nitrogens is 1. The van der Waals surface area contributed by atoms with Crippen LogP contribution in [0, 0.1) is 0 Å². The number of hydrogen-bond donors (Lipinski definition) is 2. The molecule has 32 heavy (non-hydrogen) atoms. The van der Waals surface area contributed by atoms with Gasteiger partial charge in [-0.3, -0.25) is 4.79 Å². The molecule has 1 heterocycles. The number of halogens is 2. The first-order valence-electron chi connectivity index (χ1n) is 10.1. The lowest BCUT2D eigenvalue weighted by atomic mass is 9.82. The molecule has 0 aliphatic heterocycles. The summed E-state index contributed by atoms with van der Waals surface area (Å²) in [5.41, 5.74) is 3.37. The van der Waals surface area contributed by atoms with E-state index in [0.29, 0.717) is 33.5 Å². The predicted octanol–water partition coefficient (Wildman–Crippen LogP) is 5.49. The molecule has 0 saturated carbocycles. The number of amides is 1. The zero-order valence-electron chi connectivity index (χ0n) is 17.3. The largest absolute Gasteiger partial charge is 0.351 e. The molecular formula is C24H21Cl2N5O. The van der Waals surface area contributed by atoms with E-state index < -0.39 is 0 Å². The summed E-state index contributed by atoms with van der Waals surface area (Å²) in [6, 6.07) is 22.8. The van der Waals surface area contributed by atoms with Crippen LogP contribution >= 0.6 is 23.2 Å².